The van der Waals surface area contributed by atoms with Crippen LogP contribution < -0.4 is 15.4 Å². The van der Waals surface area contributed by atoms with E-state index >= 15 is 0 Å². The van der Waals surface area contributed by atoms with E-state index in [0.717, 1.165) is 10.9 Å². The minimum absolute atomic E-state index is 0.150. The van der Waals surface area contributed by atoms with Crippen LogP contribution in [0.25, 0.3) is 0 Å². The fraction of sp³-hybridized carbons (Fsp3) is 0.130. The maximum atomic E-state index is 12.5. The van der Waals surface area contributed by atoms with Crippen molar-refractivity contribution in [3.8, 4) is 5.75 Å². The molecule has 0 spiro atoms. The summed E-state index contributed by atoms with van der Waals surface area (Å²) in [5.74, 6) is -0.0320. The molecule has 0 fully saturated rings. The number of anilines is 2. The molecule has 2 amide bonds. The number of halogens is 2. The van der Waals surface area contributed by atoms with Gasteiger partial charge in [0.15, 0.2) is 6.61 Å². The highest BCUT2D eigenvalue weighted by Gasteiger charge is 2.10. The smallest absolute Gasteiger partial charge is 0.262 e. The van der Waals surface area contributed by atoms with Gasteiger partial charge in [0.25, 0.3) is 11.8 Å². The van der Waals surface area contributed by atoms with Gasteiger partial charge in [0, 0.05) is 22.0 Å². The van der Waals surface area contributed by atoms with Crippen LogP contribution in [0.5, 0.6) is 5.75 Å². The number of nitrogens with one attached hydrogen (secondary N) is 2. The SMILES string of the molecule is CCc1ccc(OCC(=O)Nc2cccc(C(=O)Nc3cccc(Cl)c3)c2)c(Br)c1. The predicted octanol–water partition coefficient (Wildman–Crippen LogP) is 5.93. The van der Waals surface area contributed by atoms with E-state index in [1.54, 1.807) is 48.5 Å². The quantitative estimate of drug-likeness (QED) is 0.434. The van der Waals surface area contributed by atoms with Gasteiger partial charge in [-0.1, -0.05) is 36.7 Å². The molecular weight excluding hydrogens is 468 g/mol. The van der Waals surface area contributed by atoms with Crippen molar-refractivity contribution in [1.29, 1.82) is 0 Å². The highest BCUT2D eigenvalue weighted by atomic mass is 79.9. The van der Waals surface area contributed by atoms with Gasteiger partial charge in [-0.25, -0.2) is 0 Å². The third-order valence-electron chi connectivity index (χ3n) is 4.25. The van der Waals surface area contributed by atoms with Gasteiger partial charge in [-0.2, -0.15) is 0 Å². The molecular formula is C23H20BrClN2O3. The maximum Gasteiger partial charge on any atom is 0.262 e. The van der Waals surface area contributed by atoms with Crippen LogP contribution >= 0.6 is 27.5 Å². The fourth-order valence-electron chi connectivity index (χ4n) is 2.73. The monoisotopic (exact) mass is 486 g/mol. The van der Waals surface area contributed by atoms with Gasteiger partial charge < -0.3 is 15.4 Å². The van der Waals surface area contributed by atoms with Gasteiger partial charge in [0.2, 0.25) is 0 Å². The van der Waals surface area contributed by atoms with Crippen molar-refractivity contribution in [2.24, 2.45) is 0 Å². The third-order valence-corrected chi connectivity index (χ3v) is 5.11. The van der Waals surface area contributed by atoms with Crippen molar-refractivity contribution in [1.82, 2.24) is 0 Å². The molecule has 30 heavy (non-hydrogen) atoms. The van der Waals surface area contributed by atoms with Gasteiger partial charge in [0.1, 0.15) is 5.75 Å². The third kappa shape index (κ3) is 6.08. The second-order valence-corrected chi connectivity index (χ2v) is 7.79. The number of rotatable bonds is 7. The van der Waals surface area contributed by atoms with E-state index < -0.39 is 0 Å². The molecule has 0 radical (unpaired) electrons. The van der Waals surface area contributed by atoms with E-state index in [1.807, 2.05) is 18.2 Å². The van der Waals surface area contributed by atoms with E-state index in [1.165, 1.54) is 5.56 Å². The molecule has 0 saturated carbocycles. The van der Waals surface area contributed by atoms with Gasteiger partial charge in [-0.3, -0.25) is 9.59 Å². The van der Waals surface area contributed by atoms with Crippen molar-refractivity contribution in [2.75, 3.05) is 17.2 Å². The molecule has 5 nitrogen and oxygen atoms in total. The summed E-state index contributed by atoms with van der Waals surface area (Å²) < 4.78 is 6.39. The summed E-state index contributed by atoms with van der Waals surface area (Å²) >= 11 is 9.39. The van der Waals surface area contributed by atoms with Crippen LogP contribution in [0.1, 0.15) is 22.8 Å². The summed E-state index contributed by atoms with van der Waals surface area (Å²) in [5, 5.41) is 6.05. The number of carbonyl (C=O) groups excluding carboxylic acids is 2. The topological polar surface area (TPSA) is 67.4 Å². The lowest BCUT2D eigenvalue weighted by Crippen LogP contribution is -2.20. The molecule has 0 heterocycles. The van der Waals surface area contributed by atoms with E-state index in [2.05, 4.69) is 33.5 Å². The Morgan fingerprint density at radius 2 is 1.70 bits per heavy atom. The second kappa shape index (κ2) is 10.3. The van der Waals surface area contributed by atoms with Crippen LogP contribution in [0.3, 0.4) is 0 Å². The summed E-state index contributed by atoms with van der Waals surface area (Å²) in [6.07, 6.45) is 0.917. The first-order valence-electron chi connectivity index (χ1n) is 9.32. The molecule has 0 unspecified atom stereocenters. The maximum absolute atomic E-state index is 12.5. The number of aryl methyl sites for hydroxylation is 1. The van der Waals surface area contributed by atoms with Crippen LogP contribution in [-0.2, 0) is 11.2 Å². The molecule has 0 saturated heterocycles. The molecule has 0 bridgehead atoms. The predicted molar refractivity (Wildman–Crippen MR) is 123 cm³/mol. The van der Waals surface area contributed by atoms with Gasteiger partial charge in [0.05, 0.1) is 4.47 Å². The number of ether oxygens (including phenoxy) is 1. The van der Waals surface area contributed by atoms with Crippen LogP contribution in [0.4, 0.5) is 11.4 Å². The summed E-state index contributed by atoms with van der Waals surface area (Å²) in [5.41, 5.74) is 2.68. The number of benzene rings is 3. The molecule has 154 valence electrons. The molecule has 0 atom stereocenters. The van der Waals surface area contributed by atoms with Crippen molar-refractivity contribution in [3.63, 3.8) is 0 Å². The summed E-state index contributed by atoms with van der Waals surface area (Å²) in [6, 6.07) is 19.3. The molecule has 0 aliphatic carbocycles. The lowest BCUT2D eigenvalue weighted by molar-refractivity contribution is -0.118. The highest BCUT2D eigenvalue weighted by molar-refractivity contribution is 9.10. The van der Waals surface area contributed by atoms with Crippen LogP contribution in [-0.4, -0.2) is 18.4 Å². The Kier molecular flexibility index (Phi) is 7.49. The lowest BCUT2D eigenvalue weighted by Gasteiger charge is -2.11. The van der Waals surface area contributed by atoms with E-state index in [9.17, 15) is 9.59 Å². The summed E-state index contributed by atoms with van der Waals surface area (Å²) in [4.78, 5) is 24.7. The lowest BCUT2D eigenvalue weighted by atomic mass is 10.1. The molecule has 0 aliphatic rings. The zero-order valence-corrected chi connectivity index (χ0v) is 18.6. The van der Waals surface area contributed by atoms with Gasteiger partial charge in [-0.05, 0) is 76.4 Å². The Labute approximate surface area is 188 Å². The van der Waals surface area contributed by atoms with Crippen LogP contribution in [0, 0.1) is 0 Å². The molecule has 0 aromatic heterocycles. The van der Waals surface area contributed by atoms with Crippen molar-refractivity contribution in [2.45, 2.75) is 13.3 Å². The van der Waals surface area contributed by atoms with Gasteiger partial charge in [-0.15, -0.1) is 0 Å². The fourth-order valence-corrected chi connectivity index (χ4v) is 3.46. The summed E-state index contributed by atoms with van der Waals surface area (Å²) in [6.45, 7) is 1.92. The molecule has 7 heteroatoms. The number of carbonyl (C=O) groups is 2. The zero-order valence-electron chi connectivity index (χ0n) is 16.2. The van der Waals surface area contributed by atoms with E-state index in [-0.39, 0.29) is 18.4 Å². The normalized spacial score (nSPS) is 10.4. The summed E-state index contributed by atoms with van der Waals surface area (Å²) in [7, 11) is 0. The minimum atomic E-state index is -0.325. The first-order valence-corrected chi connectivity index (χ1v) is 10.5. The Hall–Kier alpha value is -2.83. The standard InChI is InChI=1S/C23H20BrClN2O3/c1-2-15-9-10-21(20(24)11-15)30-14-22(28)26-18-7-3-5-16(12-18)23(29)27-19-8-4-6-17(25)13-19/h3-13H,2,14H2,1H3,(H,26,28)(H,27,29). The molecule has 3 aromatic carbocycles. The highest BCUT2D eigenvalue weighted by Crippen LogP contribution is 2.26. The Morgan fingerprint density at radius 1 is 0.967 bits per heavy atom. The Bertz CT molecular complexity index is 1070. The van der Waals surface area contributed by atoms with Crippen molar-refractivity contribution < 1.29 is 14.3 Å². The Morgan fingerprint density at radius 3 is 2.40 bits per heavy atom. The average molecular weight is 488 g/mol. The molecule has 3 aromatic rings. The zero-order chi connectivity index (χ0) is 21.5. The molecule has 0 aliphatic heterocycles. The van der Waals surface area contributed by atoms with Crippen LogP contribution in [0.15, 0.2) is 71.2 Å². The van der Waals surface area contributed by atoms with E-state index in [0.29, 0.717) is 27.7 Å². The Balaban J connectivity index is 1.59. The van der Waals surface area contributed by atoms with Gasteiger partial charge >= 0.3 is 0 Å². The largest absolute Gasteiger partial charge is 0.483 e. The average Bonchev–Trinajstić information content (AvgIpc) is 2.73. The number of hydrogen-bond donors (Lipinski definition) is 2. The van der Waals surface area contributed by atoms with Crippen molar-refractivity contribution in [3.05, 3.63) is 87.4 Å². The number of hydrogen-bond acceptors (Lipinski definition) is 3. The first kappa shape index (κ1) is 21.9. The second-order valence-electron chi connectivity index (χ2n) is 6.50. The van der Waals surface area contributed by atoms with Crippen LogP contribution in [0.2, 0.25) is 5.02 Å². The molecule has 2 N–H and O–H groups in total. The molecule has 3 rings (SSSR count). The van der Waals surface area contributed by atoms with Crippen molar-refractivity contribution >= 4 is 50.7 Å². The van der Waals surface area contributed by atoms with E-state index in [4.69, 9.17) is 16.3 Å². The first-order chi connectivity index (χ1) is 14.4. The number of amides is 2. The minimum Gasteiger partial charge on any atom is -0.483 e.